The van der Waals surface area contributed by atoms with Crippen molar-refractivity contribution in [2.45, 2.75) is 19.5 Å². The standard InChI is InChI=1S/C19H16F4N6O2/c1-11-15(20)7-13(18(31)24-9-19(21,22)23)8-16(11)26-17(30)6-12-2-4-14(5-3-12)29-10-25-27-28-29/h2-5,7-8,10H,6,9H2,1H3,(H,24,31)(H,26,30). The van der Waals surface area contributed by atoms with Crippen LogP contribution in [0.3, 0.4) is 0 Å². The van der Waals surface area contributed by atoms with Crippen molar-refractivity contribution < 1.29 is 27.2 Å². The average Bonchev–Trinajstić information content (AvgIpc) is 3.24. The van der Waals surface area contributed by atoms with Crippen LogP contribution in [0.25, 0.3) is 5.69 Å². The maximum atomic E-state index is 14.2. The van der Waals surface area contributed by atoms with Gasteiger partial charge in [0.1, 0.15) is 18.7 Å². The van der Waals surface area contributed by atoms with Crippen molar-refractivity contribution in [2.75, 3.05) is 11.9 Å². The Kier molecular flexibility index (Phi) is 6.28. The number of amides is 2. The summed E-state index contributed by atoms with van der Waals surface area (Å²) in [5.74, 6) is -2.43. The third kappa shape index (κ3) is 5.84. The number of rotatable bonds is 6. The fourth-order valence-corrected chi connectivity index (χ4v) is 2.65. The van der Waals surface area contributed by atoms with Gasteiger partial charge in [0.2, 0.25) is 5.91 Å². The van der Waals surface area contributed by atoms with Gasteiger partial charge < -0.3 is 10.6 Å². The first-order valence-corrected chi connectivity index (χ1v) is 8.89. The smallest absolute Gasteiger partial charge is 0.343 e. The van der Waals surface area contributed by atoms with Gasteiger partial charge in [0.15, 0.2) is 0 Å². The Morgan fingerprint density at radius 3 is 2.45 bits per heavy atom. The second-order valence-electron chi connectivity index (χ2n) is 6.57. The third-order valence-electron chi connectivity index (χ3n) is 4.24. The molecule has 1 aromatic heterocycles. The average molecular weight is 436 g/mol. The van der Waals surface area contributed by atoms with Gasteiger partial charge in [0.05, 0.1) is 12.1 Å². The van der Waals surface area contributed by atoms with E-state index in [0.29, 0.717) is 11.3 Å². The highest BCUT2D eigenvalue weighted by molar-refractivity contribution is 5.98. The number of hydrogen-bond acceptors (Lipinski definition) is 5. The molecule has 31 heavy (non-hydrogen) atoms. The van der Waals surface area contributed by atoms with Gasteiger partial charge in [-0.05, 0) is 47.2 Å². The fourth-order valence-electron chi connectivity index (χ4n) is 2.65. The minimum atomic E-state index is -4.60. The summed E-state index contributed by atoms with van der Waals surface area (Å²) in [6.07, 6.45) is -3.24. The van der Waals surface area contributed by atoms with Crippen LogP contribution in [-0.4, -0.2) is 44.7 Å². The van der Waals surface area contributed by atoms with Gasteiger partial charge >= 0.3 is 6.18 Å². The van der Waals surface area contributed by atoms with Gasteiger partial charge in [-0.1, -0.05) is 12.1 Å². The molecule has 0 spiro atoms. The summed E-state index contributed by atoms with van der Waals surface area (Å²) in [6, 6.07) is 8.72. The zero-order valence-electron chi connectivity index (χ0n) is 16.1. The molecule has 12 heteroatoms. The maximum absolute atomic E-state index is 14.2. The van der Waals surface area contributed by atoms with Crippen LogP contribution < -0.4 is 10.6 Å². The molecule has 0 unspecified atom stereocenters. The lowest BCUT2D eigenvalue weighted by atomic mass is 10.1. The summed E-state index contributed by atoms with van der Waals surface area (Å²) in [5.41, 5.74) is 1.03. The lowest BCUT2D eigenvalue weighted by Gasteiger charge is -2.13. The van der Waals surface area contributed by atoms with E-state index in [2.05, 4.69) is 20.8 Å². The van der Waals surface area contributed by atoms with Crippen LogP contribution in [0.5, 0.6) is 0 Å². The Bertz CT molecular complexity index is 1080. The Labute approximate surface area is 173 Å². The van der Waals surface area contributed by atoms with Crippen LogP contribution >= 0.6 is 0 Å². The van der Waals surface area contributed by atoms with E-state index in [0.717, 1.165) is 12.1 Å². The van der Waals surface area contributed by atoms with Crippen molar-refractivity contribution in [1.29, 1.82) is 0 Å². The Morgan fingerprint density at radius 1 is 1.13 bits per heavy atom. The minimum Gasteiger partial charge on any atom is -0.343 e. The van der Waals surface area contributed by atoms with Crippen LogP contribution in [-0.2, 0) is 11.2 Å². The molecule has 0 radical (unpaired) electrons. The minimum absolute atomic E-state index is 0.00697. The molecule has 8 nitrogen and oxygen atoms in total. The number of benzene rings is 2. The van der Waals surface area contributed by atoms with E-state index in [9.17, 15) is 27.2 Å². The highest BCUT2D eigenvalue weighted by atomic mass is 19.4. The molecule has 0 aliphatic heterocycles. The fraction of sp³-hybridized carbons (Fsp3) is 0.211. The van der Waals surface area contributed by atoms with Gasteiger partial charge in [-0.3, -0.25) is 9.59 Å². The largest absolute Gasteiger partial charge is 0.405 e. The molecular formula is C19H16F4N6O2. The number of carbonyl (C=O) groups is 2. The SMILES string of the molecule is Cc1c(F)cc(C(=O)NCC(F)(F)F)cc1NC(=O)Cc1ccc(-n2cnnn2)cc1. The monoisotopic (exact) mass is 436 g/mol. The number of nitrogens with one attached hydrogen (secondary N) is 2. The molecule has 0 saturated heterocycles. The van der Waals surface area contributed by atoms with E-state index in [1.807, 2.05) is 0 Å². The number of halogens is 4. The zero-order valence-corrected chi connectivity index (χ0v) is 16.1. The molecule has 0 atom stereocenters. The van der Waals surface area contributed by atoms with Crippen molar-refractivity contribution in [1.82, 2.24) is 25.5 Å². The number of carbonyl (C=O) groups excluding carboxylic acids is 2. The van der Waals surface area contributed by atoms with Crippen LogP contribution in [0.4, 0.5) is 23.2 Å². The van der Waals surface area contributed by atoms with E-state index in [-0.39, 0.29) is 23.2 Å². The Morgan fingerprint density at radius 2 is 1.84 bits per heavy atom. The molecule has 2 N–H and O–H groups in total. The normalized spacial score (nSPS) is 11.3. The molecule has 1 heterocycles. The molecule has 0 bridgehead atoms. The van der Waals surface area contributed by atoms with E-state index in [4.69, 9.17) is 0 Å². The molecule has 0 saturated carbocycles. The highest BCUT2D eigenvalue weighted by Gasteiger charge is 2.28. The topological polar surface area (TPSA) is 102 Å². The van der Waals surface area contributed by atoms with E-state index in [1.165, 1.54) is 17.9 Å². The Balaban J connectivity index is 1.69. The van der Waals surface area contributed by atoms with Crippen LogP contribution in [0.15, 0.2) is 42.7 Å². The number of aromatic nitrogens is 4. The summed E-state index contributed by atoms with van der Waals surface area (Å²) in [5, 5.41) is 15.0. The number of tetrazole rings is 1. The molecule has 0 fully saturated rings. The number of anilines is 1. The zero-order chi connectivity index (χ0) is 22.6. The van der Waals surface area contributed by atoms with Gasteiger partial charge in [-0.2, -0.15) is 13.2 Å². The van der Waals surface area contributed by atoms with Gasteiger partial charge in [0, 0.05) is 16.8 Å². The summed E-state index contributed by atoms with van der Waals surface area (Å²) < 4.78 is 52.4. The first-order chi connectivity index (χ1) is 14.6. The number of alkyl halides is 3. The van der Waals surface area contributed by atoms with E-state index >= 15 is 0 Å². The van der Waals surface area contributed by atoms with Gasteiger partial charge in [0.25, 0.3) is 5.91 Å². The number of nitrogens with zero attached hydrogens (tertiary/aromatic N) is 4. The van der Waals surface area contributed by atoms with Crippen molar-refractivity contribution >= 4 is 17.5 Å². The molecule has 162 valence electrons. The van der Waals surface area contributed by atoms with E-state index < -0.39 is 30.4 Å². The quantitative estimate of drug-likeness (QED) is 0.579. The summed E-state index contributed by atoms with van der Waals surface area (Å²) in [4.78, 5) is 24.3. The molecule has 2 aromatic carbocycles. The summed E-state index contributed by atoms with van der Waals surface area (Å²) in [6.45, 7) is -0.174. The predicted molar refractivity (Wildman–Crippen MR) is 101 cm³/mol. The maximum Gasteiger partial charge on any atom is 0.405 e. The second-order valence-corrected chi connectivity index (χ2v) is 6.57. The highest BCUT2D eigenvalue weighted by Crippen LogP contribution is 2.22. The molecule has 3 rings (SSSR count). The number of hydrogen-bond donors (Lipinski definition) is 2. The molecule has 0 aliphatic rings. The van der Waals surface area contributed by atoms with Crippen LogP contribution in [0.1, 0.15) is 21.5 Å². The first-order valence-electron chi connectivity index (χ1n) is 8.89. The molecule has 3 aromatic rings. The van der Waals surface area contributed by atoms with Crippen molar-refractivity contribution in [3.05, 3.63) is 65.2 Å². The summed E-state index contributed by atoms with van der Waals surface area (Å²) in [7, 11) is 0. The van der Waals surface area contributed by atoms with Crippen LogP contribution in [0.2, 0.25) is 0 Å². The summed E-state index contributed by atoms with van der Waals surface area (Å²) >= 11 is 0. The lowest BCUT2D eigenvalue weighted by Crippen LogP contribution is -2.33. The van der Waals surface area contributed by atoms with Crippen molar-refractivity contribution in [3.63, 3.8) is 0 Å². The third-order valence-corrected chi connectivity index (χ3v) is 4.24. The van der Waals surface area contributed by atoms with Gasteiger partial charge in [-0.15, -0.1) is 5.10 Å². The van der Waals surface area contributed by atoms with Crippen LogP contribution in [0, 0.1) is 12.7 Å². The molecule has 2 amide bonds. The molecular weight excluding hydrogens is 420 g/mol. The van der Waals surface area contributed by atoms with Gasteiger partial charge in [-0.25, -0.2) is 9.07 Å². The van der Waals surface area contributed by atoms with E-state index in [1.54, 1.807) is 29.6 Å². The van der Waals surface area contributed by atoms with Crippen molar-refractivity contribution in [3.8, 4) is 5.69 Å². The van der Waals surface area contributed by atoms with Crippen molar-refractivity contribution in [2.24, 2.45) is 0 Å². The Hall–Kier alpha value is -3.83. The molecule has 0 aliphatic carbocycles. The second kappa shape index (κ2) is 8.90. The lowest BCUT2D eigenvalue weighted by molar-refractivity contribution is -0.123. The predicted octanol–water partition coefficient (Wildman–Crippen LogP) is 2.58. The first kappa shape index (κ1) is 21.9.